The number of ether oxygens (including phenoxy) is 2. The maximum Gasteiger partial charge on any atom is 0.338 e. The van der Waals surface area contributed by atoms with Gasteiger partial charge in [-0.05, 0) is 25.0 Å². The molecule has 6 nitrogen and oxygen atoms in total. The van der Waals surface area contributed by atoms with Gasteiger partial charge < -0.3 is 14.8 Å². The van der Waals surface area contributed by atoms with E-state index < -0.39 is 30.5 Å². The van der Waals surface area contributed by atoms with Gasteiger partial charge in [0.25, 0.3) is 5.91 Å². The van der Waals surface area contributed by atoms with Gasteiger partial charge in [-0.3, -0.25) is 4.79 Å². The predicted octanol–water partition coefficient (Wildman–Crippen LogP) is 1.86. The van der Waals surface area contributed by atoms with E-state index in [1.54, 1.807) is 24.3 Å². The average molecular weight is 321 g/mol. The Kier molecular flexibility index (Phi) is 7.25. The van der Waals surface area contributed by atoms with Crippen LogP contribution in [-0.4, -0.2) is 37.6 Å². The molecule has 0 aliphatic rings. The van der Waals surface area contributed by atoms with Crippen molar-refractivity contribution < 1.29 is 23.9 Å². The summed E-state index contributed by atoms with van der Waals surface area (Å²) in [7, 11) is 1.27. The Labute approximate surface area is 136 Å². The van der Waals surface area contributed by atoms with Crippen LogP contribution in [0.25, 0.3) is 0 Å². The molecule has 0 aliphatic carbocycles. The minimum absolute atomic E-state index is 0.0841. The number of hydrogen-bond donors (Lipinski definition) is 1. The SMILES string of the molecule is CC[C@H](C)[C@@H](NC(=O)COC(=O)c1ccc(C)cc1)C(=O)OC. The molecule has 6 heteroatoms. The molecule has 0 spiro atoms. The van der Waals surface area contributed by atoms with Gasteiger partial charge >= 0.3 is 11.9 Å². The molecule has 1 aromatic carbocycles. The number of amides is 1. The summed E-state index contributed by atoms with van der Waals surface area (Å²) in [5.41, 5.74) is 1.39. The number of methoxy groups -OCH3 is 1. The van der Waals surface area contributed by atoms with Crippen LogP contribution in [0.2, 0.25) is 0 Å². The van der Waals surface area contributed by atoms with Gasteiger partial charge in [-0.1, -0.05) is 38.0 Å². The second-order valence-corrected chi connectivity index (χ2v) is 5.40. The zero-order valence-corrected chi connectivity index (χ0v) is 13.9. The molecule has 0 aliphatic heterocycles. The number of rotatable bonds is 7. The lowest BCUT2D eigenvalue weighted by Gasteiger charge is -2.21. The molecule has 0 saturated heterocycles. The van der Waals surface area contributed by atoms with E-state index in [1.165, 1.54) is 7.11 Å². The van der Waals surface area contributed by atoms with Crippen LogP contribution >= 0.6 is 0 Å². The Morgan fingerprint density at radius 2 is 1.78 bits per heavy atom. The van der Waals surface area contributed by atoms with Crippen LogP contribution in [0.5, 0.6) is 0 Å². The van der Waals surface area contributed by atoms with E-state index in [1.807, 2.05) is 20.8 Å². The highest BCUT2D eigenvalue weighted by Crippen LogP contribution is 2.09. The van der Waals surface area contributed by atoms with Crippen molar-refractivity contribution in [1.82, 2.24) is 5.32 Å². The molecule has 0 heterocycles. The molecular formula is C17H23NO5. The zero-order valence-electron chi connectivity index (χ0n) is 13.9. The van der Waals surface area contributed by atoms with Crippen LogP contribution in [0.15, 0.2) is 24.3 Å². The monoisotopic (exact) mass is 321 g/mol. The third kappa shape index (κ3) is 5.73. The minimum Gasteiger partial charge on any atom is -0.467 e. The maximum atomic E-state index is 11.9. The summed E-state index contributed by atoms with van der Waals surface area (Å²) in [6.45, 7) is 5.20. The normalized spacial score (nSPS) is 12.9. The maximum absolute atomic E-state index is 11.9. The smallest absolute Gasteiger partial charge is 0.338 e. The van der Waals surface area contributed by atoms with Crippen LogP contribution in [0.3, 0.4) is 0 Å². The topological polar surface area (TPSA) is 81.7 Å². The van der Waals surface area contributed by atoms with Gasteiger partial charge in [0.05, 0.1) is 12.7 Å². The number of hydrogen-bond acceptors (Lipinski definition) is 5. The van der Waals surface area contributed by atoms with Crippen molar-refractivity contribution in [3.8, 4) is 0 Å². The van der Waals surface area contributed by atoms with Gasteiger partial charge in [-0.2, -0.15) is 0 Å². The van der Waals surface area contributed by atoms with Crippen molar-refractivity contribution in [2.24, 2.45) is 5.92 Å². The summed E-state index contributed by atoms with van der Waals surface area (Å²) in [6.07, 6.45) is 0.698. The number of nitrogens with one attached hydrogen (secondary N) is 1. The second kappa shape index (κ2) is 8.92. The van der Waals surface area contributed by atoms with Crippen molar-refractivity contribution in [1.29, 1.82) is 0 Å². The lowest BCUT2D eigenvalue weighted by molar-refractivity contribution is -0.147. The van der Waals surface area contributed by atoms with E-state index >= 15 is 0 Å². The summed E-state index contributed by atoms with van der Waals surface area (Å²) in [6, 6.07) is 6.08. The Morgan fingerprint density at radius 3 is 2.30 bits per heavy atom. The summed E-state index contributed by atoms with van der Waals surface area (Å²) in [5, 5.41) is 2.54. The van der Waals surface area contributed by atoms with E-state index in [0.29, 0.717) is 12.0 Å². The van der Waals surface area contributed by atoms with Gasteiger partial charge in [0.1, 0.15) is 6.04 Å². The Hall–Kier alpha value is -2.37. The Balaban J connectivity index is 2.56. The highest BCUT2D eigenvalue weighted by molar-refractivity contribution is 5.92. The van der Waals surface area contributed by atoms with Gasteiger partial charge in [0.2, 0.25) is 0 Å². The van der Waals surface area contributed by atoms with Crippen molar-refractivity contribution in [2.75, 3.05) is 13.7 Å². The molecule has 1 aromatic rings. The molecule has 126 valence electrons. The number of benzene rings is 1. The van der Waals surface area contributed by atoms with E-state index in [9.17, 15) is 14.4 Å². The molecule has 2 atom stereocenters. The minimum atomic E-state index is -0.754. The van der Waals surface area contributed by atoms with Gasteiger partial charge in [0.15, 0.2) is 6.61 Å². The molecule has 23 heavy (non-hydrogen) atoms. The number of esters is 2. The van der Waals surface area contributed by atoms with Crippen molar-refractivity contribution in [2.45, 2.75) is 33.2 Å². The molecule has 1 N–H and O–H groups in total. The first-order valence-electron chi connectivity index (χ1n) is 7.50. The van der Waals surface area contributed by atoms with Crippen molar-refractivity contribution in [3.05, 3.63) is 35.4 Å². The molecule has 0 unspecified atom stereocenters. The molecule has 0 saturated carbocycles. The zero-order chi connectivity index (χ0) is 17.4. The lowest BCUT2D eigenvalue weighted by Crippen LogP contribution is -2.47. The fraction of sp³-hybridized carbons (Fsp3) is 0.471. The number of carbonyl (C=O) groups is 3. The molecule has 0 aromatic heterocycles. The standard InChI is InChI=1S/C17H23NO5/c1-5-12(3)15(17(21)22-4)18-14(19)10-23-16(20)13-8-6-11(2)7-9-13/h6-9,12,15H,5,10H2,1-4H3,(H,18,19)/t12-,15+/m0/s1. The van der Waals surface area contributed by atoms with Crippen LogP contribution in [0.4, 0.5) is 0 Å². The lowest BCUT2D eigenvalue weighted by atomic mass is 9.99. The summed E-state index contributed by atoms with van der Waals surface area (Å²) in [5.74, 6) is -1.73. The molecule has 1 amide bonds. The predicted molar refractivity (Wildman–Crippen MR) is 84.9 cm³/mol. The first-order valence-corrected chi connectivity index (χ1v) is 7.50. The molecule has 0 fully saturated rings. The first-order chi connectivity index (χ1) is 10.9. The summed E-state index contributed by atoms with van der Waals surface area (Å²) in [4.78, 5) is 35.4. The van der Waals surface area contributed by atoms with E-state index in [0.717, 1.165) is 5.56 Å². The molecule has 0 bridgehead atoms. The highest BCUT2D eigenvalue weighted by Gasteiger charge is 2.26. The van der Waals surface area contributed by atoms with E-state index in [2.05, 4.69) is 10.1 Å². The number of aryl methyl sites for hydroxylation is 1. The van der Waals surface area contributed by atoms with Gasteiger partial charge in [-0.25, -0.2) is 9.59 Å². The van der Waals surface area contributed by atoms with Gasteiger partial charge in [-0.15, -0.1) is 0 Å². The van der Waals surface area contributed by atoms with Gasteiger partial charge in [0, 0.05) is 0 Å². The molecule has 0 radical (unpaired) electrons. The Morgan fingerprint density at radius 1 is 1.17 bits per heavy atom. The van der Waals surface area contributed by atoms with Crippen LogP contribution in [0, 0.1) is 12.8 Å². The summed E-state index contributed by atoms with van der Waals surface area (Å²) < 4.78 is 9.64. The molecule has 1 rings (SSSR count). The number of carbonyl (C=O) groups excluding carboxylic acids is 3. The quantitative estimate of drug-likeness (QED) is 0.775. The highest BCUT2D eigenvalue weighted by atomic mass is 16.5. The Bertz CT molecular complexity index is 553. The van der Waals surface area contributed by atoms with E-state index in [4.69, 9.17) is 4.74 Å². The van der Waals surface area contributed by atoms with Crippen LogP contribution < -0.4 is 5.32 Å². The largest absolute Gasteiger partial charge is 0.467 e. The third-order valence-corrected chi connectivity index (χ3v) is 3.61. The van der Waals surface area contributed by atoms with Crippen molar-refractivity contribution >= 4 is 17.8 Å². The summed E-state index contributed by atoms with van der Waals surface area (Å²) >= 11 is 0. The fourth-order valence-electron chi connectivity index (χ4n) is 1.92. The first kappa shape index (κ1) is 18.7. The van der Waals surface area contributed by atoms with Crippen LogP contribution in [0.1, 0.15) is 36.2 Å². The third-order valence-electron chi connectivity index (χ3n) is 3.61. The van der Waals surface area contributed by atoms with Crippen LogP contribution in [-0.2, 0) is 19.1 Å². The molecular weight excluding hydrogens is 298 g/mol. The average Bonchev–Trinajstić information content (AvgIpc) is 2.56. The van der Waals surface area contributed by atoms with Crippen molar-refractivity contribution in [3.63, 3.8) is 0 Å². The second-order valence-electron chi connectivity index (χ2n) is 5.40. The fourth-order valence-corrected chi connectivity index (χ4v) is 1.92. The van der Waals surface area contributed by atoms with E-state index in [-0.39, 0.29) is 5.92 Å².